The highest BCUT2D eigenvalue weighted by Gasteiger charge is 2.44. The predicted octanol–water partition coefficient (Wildman–Crippen LogP) is 4.55. The van der Waals surface area contributed by atoms with Gasteiger partial charge in [0, 0.05) is 67.7 Å². The lowest BCUT2D eigenvalue weighted by Gasteiger charge is -2.39. The van der Waals surface area contributed by atoms with Crippen LogP contribution in [0.2, 0.25) is 0 Å². The molecule has 0 atom stereocenters. The standard InChI is InChI=1S/C29H36N4O3/c1-4-31(5-2)23-11-12-24-21(3)25(27(34)36-26(24)19-23)13-16-33-20-29(30-28(33)35)14-17-32(18-15-29)22-9-7-6-8-10-22/h6-12,19H,4-5,13-18,20H2,1-3H3,(H,30,35). The van der Waals surface area contributed by atoms with Crippen LogP contribution in [0.3, 0.4) is 0 Å². The average Bonchev–Trinajstić information content (AvgIpc) is 3.19. The van der Waals surface area contributed by atoms with Crippen LogP contribution >= 0.6 is 0 Å². The minimum absolute atomic E-state index is 0.0325. The van der Waals surface area contributed by atoms with Crippen LogP contribution in [0.5, 0.6) is 0 Å². The number of benzene rings is 2. The van der Waals surface area contributed by atoms with Crippen molar-refractivity contribution >= 4 is 28.4 Å². The van der Waals surface area contributed by atoms with Crippen molar-refractivity contribution in [1.29, 1.82) is 0 Å². The van der Waals surface area contributed by atoms with Crippen molar-refractivity contribution in [2.45, 2.75) is 45.6 Å². The van der Waals surface area contributed by atoms with E-state index < -0.39 is 0 Å². The van der Waals surface area contributed by atoms with Gasteiger partial charge in [-0.3, -0.25) is 0 Å². The van der Waals surface area contributed by atoms with E-state index >= 15 is 0 Å². The fourth-order valence-electron chi connectivity index (χ4n) is 5.78. The first kappa shape index (κ1) is 24.2. The maximum atomic E-state index is 12.9. The second-order valence-corrected chi connectivity index (χ2v) is 10.1. The summed E-state index contributed by atoms with van der Waals surface area (Å²) in [5.74, 6) is 0. The topological polar surface area (TPSA) is 69.0 Å². The van der Waals surface area contributed by atoms with Gasteiger partial charge in [0.1, 0.15) is 5.58 Å². The SMILES string of the molecule is CCN(CC)c1ccc2c(C)c(CCN3CC4(CCN(c5ccccc5)CC4)NC3=O)c(=O)oc2c1. The third-order valence-electron chi connectivity index (χ3n) is 8.03. The summed E-state index contributed by atoms with van der Waals surface area (Å²) in [6.45, 7) is 11.0. The van der Waals surface area contributed by atoms with Gasteiger partial charge in [-0.25, -0.2) is 9.59 Å². The number of hydrogen-bond acceptors (Lipinski definition) is 5. The number of hydrogen-bond donors (Lipinski definition) is 1. The molecule has 1 aromatic heterocycles. The first-order valence-corrected chi connectivity index (χ1v) is 13.1. The Morgan fingerprint density at radius 1 is 1.03 bits per heavy atom. The molecule has 7 nitrogen and oxygen atoms in total. The number of amides is 2. The molecule has 190 valence electrons. The molecule has 36 heavy (non-hydrogen) atoms. The Hall–Kier alpha value is -3.48. The summed E-state index contributed by atoms with van der Waals surface area (Å²) in [5, 5.41) is 4.22. The molecule has 2 aliphatic heterocycles. The molecule has 5 rings (SSSR count). The lowest BCUT2D eigenvalue weighted by molar-refractivity contribution is 0.217. The summed E-state index contributed by atoms with van der Waals surface area (Å²) in [4.78, 5) is 32.3. The highest BCUT2D eigenvalue weighted by Crippen LogP contribution is 2.31. The lowest BCUT2D eigenvalue weighted by Crippen LogP contribution is -2.52. The smallest absolute Gasteiger partial charge is 0.339 e. The number of fused-ring (bicyclic) bond motifs is 1. The summed E-state index contributed by atoms with van der Waals surface area (Å²) in [7, 11) is 0. The Balaban J connectivity index is 1.26. The van der Waals surface area contributed by atoms with E-state index in [1.54, 1.807) is 0 Å². The van der Waals surface area contributed by atoms with E-state index in [0.29, 0.717) is 30.7 Å². The number of rotatable bonds is 7. The Bertz CT molecular complexity index is 1290. The fourth-order valence-corrected chi connectivity index (χ4v) is 5.78. The van der Waals surface area contributed by atoms with Crippen molar-refractivity contribution in [3.8, 4) is 0 Å². The van der Waals surface area contributed by atoms with E-state index in [4.69, 9.17) is 4.42 Å². The Kier molecular flexibility index (Phi) is 6.65. The van der Waals surface area contributed by atoms with Crippen LogP contribution in [0, 0.1) is 6.92 Å². The summed E-state index contributed by atoms with van der Waals surface area (Å²) in [5.41, 5.74) is 4.02. The normalized spacial score (nSPS) is 17.1. The molecule has 2 amide bonds. The molecular weight excluding hydrogens is 452 g/mol. The van der Waals surface area contributed by atoms with Gasteiger partial charge in [0.05, 0.1) is 5.54 Å². The zero-order valence-corrected chi connectivity index (χ0v) is 21.5. The molecule has 2 aromatic carbocycles. The van der Waals surface area contributed by atoms with E-state index in [-0.39, 0.29) is 17.2 Å². The molecule has 1 N–H and O–H groups in total. The minimum atomic E-state index is -0.304. The third-order valence-corrected chi connectivity index (χ3v) is 8.03. The highest BCUT2D eigenvalue weighted by atomic mass is 16.4. The predicted molar refractivity (Wildman–Crippen MR) is 145 cm³/mol. The first-order valence-electron chi connectivity index (χ1n) is 13.1. The van der Waals surface area contributed by atoms with Gasteiger partial charge in [0.25, 0.3) is 0 Å². The molecule has 2 saturated heterocycles. The number of carbonyl (C=O) groups is 1. The van der Waals surface area contributed by atoms with Crippen LogP contribution in [0.1, 0.15) is 37.8 Å². The quantitative estimate of drug-likeness (QED) is 0.494. The second kappa shape index (κ2) is 9.88. The van der Waals surface area contributed by atoms with Gasteiger partial charge in [0.2, 0.25) is 0 Å². The zero-order valence-electron chi connectivity index (χ0n) is 21.5. The molecule has 3 heterocycles. The monoisotopic (exact) mass is 488 g/mol. The number of nitrogens with one attached hydrogen (secondary N) is 1. The van der Waals surface area contributed by atoms with E-state index in [1.807, 2.05) is 30.0 Å². The lowest BCUT2D eigenvalue weighted by atomic mass is 9.88. The van der Waals surface area contributed by atoms with Gasteiger partial charge in [-0.15, -0.1) is 0 Å². The maximum absolute atomic E-state index is 12.9. The van der Waals surface area contributed by atoms with E-state index in [2.05, 4.69) is 59.3 Å². The largest absolute Gasteiger partial charge is 0.422 e. The molecule has 2 aliphatic rings. The van der Waals surface area contributed by atoms with Gasteiger partial charge < -0.3 is 24.4 Å². The minimum Gasteiger partial charge on any atom is -0.422 e. The molecule has 7 heteroatoms. The van der Waals surface area contributed by atoms with Gasteiger partial charge in [-0.1, -0.05) is 18.2 Å². The van der Waals surface area contributed by atoms with Crippen molar-refractivity contribution in [1.82, 2.24) is 10.2 Å². The first-order chi connectivity index (χ1) is 17.4. The third kappa shape index (κ3) is 4.54. The highest BCUT2D eigenvalue weighted by molar-refractivity contribution is 5.84. The van der Waals surface area contributed by atoms with Crippen LogP contribution in [-0.4, -0.2) is 55.7 Å². The zero-order chi connectivity index (χ0) is 25.3. The molecule has 0 unspecified atom stereocenters. The summed E-state index contributed by atoms with van der Waals surface area (Å²) in [6, 6.07) is 16.5. The van der Waals surface area contributed by atoms with Crippen molar-refractivity contribution < 1.29 is 9.21 Å². The molecule has 0 radical (unpaired) electrons. The number of urea groups is 1. The average molecular weight is 489 g/mol. The van der Waals surface area contributed by atoms with Crippen molar-refractivity contribution in [2.75, 3.05) is 49.1 Å². The van der Waals surface area contributed by atoms with Crippen LogP contribution in [0.4, 0.5) is 16.2 Å². The Labute approximate surface area is 212 Å². The van der Waals surface area contributed by atoms with Gasteiger partial charge in [0.15, 0.2) is 0 Å². The fraction of sp³-hybridized carbons (Fsp3) is 0.448. The summed E-state index contributed by atoms with van der Waals surface area (Å²) < 4.78 is 5.75. The number of carbonyl (C=O) groups excluding carboxylic acids is 1. The van der Waals surface area contributed by atoms with Crippen LogP contribution in [0.25, 0.3) is 11.0 Å². The van der Waals surface area contributed by atoms with Gasteiger partial charge >= 0.3 is 11.7 Å². The molecule has 2 fully saturated rings. The maximum Gasteiger partial charge on any atom is 0.339 e. The van der Waals surface area contributed by atoms with Crippen LogP contribution in [-0.2, 0) is 6.42 Å². The molecule has 0 bridgehead atoms. The molecule has 0 saturated carbocycles. The summed E-state index contributed by atoms with van der Waals surface area (Å²) >= 11 is 0. The van der Waals surface area contributed by atoms with Crippen LogP contribution in [0.15, 0.2) is 57.7 Å². The number of piperidine rings is 1. The van der Waals surface area contributed by atoms with Crippen molar-refractivity contribution in [2.24, 2.45) is 0 Å². The number of nitrogens with zero attached hydrogens (tertiary/aromatic N) is 3. The van der Waals surface area contributed by atoms with E-state index in [1.165, 1.54) is 5.69 Å². The molecule has 0 aliphatic carbocycles. The number of aryl methyl sites for hydroxylation is 1. The second-order valence-electron chi connectivity index (χ2n) is 10.1. The molecular formula is C29H36N4O3. The number of anilines is 2. The van der Waals surface area contributed by atoms with E-state index in [0.717, 1.165) is 55.7 Å². The number of para-hydroxylation sites is 1. The summed E-state index contributed by atoms with van der Waals surface area (Å²) in [6.07, 6.45) is 2.31. The van der Waals surface area contributed by atoms with E-state index in [9.17, 15) is 9.59 Å². The molecule has 1 spiro atoms. The van der Waals surface area contributed by atoms with Gasteiger partial charge in [-0.05, 0) is 69.9 Å². The van der Waals surface area contributed by atoms with Crippen molar-refractivity contribution in [3.63, 3.8) is 0 Å². The van der Waals surface area contributed by atoms with Crippen molar-refractivity contribution in [3.05, 3.63) is 70.1 Å². The Morgan fingerprint density at radius 3 is 2.44 bits per heavy atom. The van der Waals surface area contributed by atoms with Crippen LogP contribution < -0.4 is 20.7 Å². The van der Waals surface area contributed by atoms with Gasteiger partial charge in [-0.2, -0.15) is 0 Å². The molecule has 3 aromatic rings. The Morgan fingerprint density at radius 2 is 1.75 bits per heavy atom.